The summed E-state index contributed by atoms with van der Waals surface area (Å²) in [5.74, 6) is 2.38. The first-order chi connectivity index (χ1) is 8.20. The van der Waals surface area contributed by atoms with E-state index in [1.54, 1.807) is 12.5 Å². The van der Waals surface area contributed by atoms with Gasteiger partial charge in [0.05, 0.1) is 6.26 Å². The summed E-state index contributed by atoms with van der Waals surface area (Å²) in [7, 11) is 2.01. The molecule has 0 amide bonds. The average molecular weight is 251 g/mol. The standard InChI is InChI=1S/C13H15ClN2O/c1-10-12(4-6-17-10)9-16(2)13-7-11(8-14)3-5-15-13/h3-7H,8-9H2,1-2H3. The molecule has 2 aromatic rings. The van der Waals surface area contributed by atoms with Gasteiger partial charge in [0.25, 0.3) is 0 Å². The molecule has 0 aliphatic carbocycles. The van der Waals surface area contributed by atoms with Crippen LogP contribution in [0, 0.1) is 6.92 Å². The zero-order valence-corrected chi connectivity index (χ0v) is 10.7. The van der Waals surface area contributed by atoms with E-state index in [0.717, 1.165) is 23.7 Å². The fraction of sp³-hybridized carbons (Fsp3) is 0.308. The van der Waals surface area contributed by atoms with Crippen molar-refractivity contribution in [3.63, 3.8) is 0 Å². The molecule has 0 atom stereocenters. The third-order valence-corrected chi connectivity index (χ3v) is 3.04. The van der Waals surface area contributed by atoms with Crippen LogP contribution in [0.3, 0.4) is 0 Å². The fourth-order valence-corrected chi connectivity index (χ4v) is 1.83. The van der Waals surface area contributed by atoms with Crippen LogP contribution in [0.1, 0.15) is 16.9 Å². The van der Waals surface area contributed by atoms with Crippen molar-refractivity contribution in [3.8, 4) is 0 Å². The van der Waals surface area contributed by atoms with Crippen LogP contribution in [0.5, 0.6) is 0 Å². The van der Waals surface area contributed by atoms with Gasteiger partial charge in [-0.05, 0) is 30.7 Å². The summed E-state index contributed by atoms with van der Waals surface area (Å²) in [6, 6.07) is 5.91. The molecule has 3 nitrogen and oxygen atoms in total. The predicted octanol–water partition coefficient (Wildman–Crippen LogP) is 3.36. The normalized spacial score (nSPS) is 10.5. The fourth-order valence-electron chi connectivity index (χ4n) is 1.66. The number of halogens is 1. The Morgan fingerprint density at radius 3 is 2.88 bits per heavy atom. The molecule has 2 heterocycles. The molecule has 0 aliphatic rings. The number of pyridine rings is 1. The van der Waals surface area contributed by atoms with E-state index in [9.17, 15) is 0 Å². The van der Waals surface area contributed by atoms with Gasteiger partial charge in [-0.1, -0.05) is 0 Å². The second-order valence-corrected chi connectivity index (χ2v) is 4.28. The Hall–Kier alpha value is -1.48. The summed E-state index contributed by atoms with van der Waals surface area (Å²) in [6.07, 6.45) is 3.49. The van der Waals surface area contributed by atoms with Crippen molar-refractivity contribution >= 4 is 17.4 Å². The molecule has 0 unspecified atom stereocenters. The molecule has 0 saturated heterocycles. The third-order valence-electron chi connectivity index (χ3n) is 2.73. The van der Waals surface area contributed by atoms with Crippen LogP contribution in [0.25, 0.3) is 0 Å². The molecule has 0 spiro atoms. The second-order valence-electron chi connectivity index (χ2n) is 4.01. The summed E-state index contributed by atoms with van der Waals surface area (Å²) in [5.41, 5.74) is 2.25. The Kier molecular flexibility index (Phi) is 3.69. The summed E-state index contributed by atoms with van der Waals surface area (Å²) >= 11 is 5.81. The Morgan fingerprint density at radius 1 is 1.41 bits per heavy atom. The van der Waals surface area contributed by atoms with E-state index in [1.165, 1.54) is 5.56 Å². The molecule has 17 heavy (non-hydrogen) atoms. The number of rotatable bonds is 4. The minimum absolute atomic E-state index is 0.508. The van der Waals surface area contributed by atoms with E-state index in [2.05, 4.69) is 9.88 Å². The summed E-state index contributed by atoms with van der Waals surface area (Å²) in [6.45, 7) is 2.74. The van der Waals surface area contributed by atoms with Gasteiger partial charge in [0.1, 0.15) is 11.6 Å². The van der Waals surface area contributed by atoms with E-state index in [1.807, 2.05) is 32.2 Å². The smallest absolute Gasteiger partial charge is 0.128 e. The number of anilines is 1. The first-order valence-corrected chi connectivity index (χ1v) is 5.99. The van der Waals surface area contributed by atoms with Crippen molar-refractivity contribution < 1.29 is 4.42 Å². The topological polar surface area (TPSA) is 29.3 Å². The van der Waals surface area contributed by atoms with E-state index >= 15 is 0 Å². The molecule has 0 bridgehead atoms. The summed E-state index contributed by atoms with van der Waals surface area (Å²) in [4.78, 5) is 6.41. The molecule has 0 N–H and O–H groups in total. The van der Waals surface area contributed by atoms with Gasteiger partial charge in [-0.3, -0.25) is 0 Å². The van der Waals surface area contributed by atoms with E-state index < -0.39 is 0 Å². The Bertz CT molecular complexity index is 496. The highest BCUT2D eigenvalue weighted by Crippen LogP contribution is 2.17. The molecule has 2 aromatic heterocycles. The maximum atomic E-state index is 5.81. The van der Waals surface area contributed by atoms with Crippen LogP contribution in [-0.4, -0.2) is 12.0 Å². The van der Waals surface area contributed by atoms with Gasteiger partial charge in [0.2, 0.25) is 0 Å². The molecule has 0 radical (unpaired) electrons. The van der Waals surface area contributed by atoms with Crippen molar-refractivity contribution in [3.05, 3.63) is 47.5 Å². The van der Waals surface area contributed by atoms with Crippen LogP contribution < -0.4 is 4.90 Å². The molecule has 0 fully saturated rings. The lowest BCUT2D eigenvalue weighted by atomic mass is 10.2. The zero-order valence-electron chi connectivity index (χ0n) is 9.98. The van der Waals surface area contributed by atoms with Crippen LogP contribution in [-0.2, 0) is 12.4 Å². The maximum absolute atomic E-state index is 5.81. The van der Waals surface area contributed by atoms with Crippen LogP contribution >= 0.6 is 11.6 Å². The maximum Gasteiger partial charge on any atom is 0.128 e. The lowest BCUT2D eigenvalue weighted by Gasteiger charge is -2.18. The first kappa shape index (κ1) is 12.0. The van der Waals surface area contributed by atoms with Gasteiger partial charge in [0.15, 0.2) is 0 Å². The molecule has 2 rings (SSSR count). The van der Waals surface area contributed by atoms with Crippen LogP contribution in [0.2, 0.25) is 0 Å². The highest BCUT2D eigenvalue weighted by Gasteiger charge is 2.07. The van der Waals surface area contributed by atoms with Crippen molar-refractivity contribution in [2.24, 2.45) is 0 Å². The molecule has 90 valence electrons. The zero-order chi connectivity index (χ0) is 12.3. The monoisotopic (exact) mass is 250 g/mol. The highest BCUT2D eigenvalue weighted by atomic mass is 35.5. The lowest BCUT2D eigenvalue weighted by molar-refractivity contribution is 0.529. The predicted molar refractivity (Wildman–Crippen MR) is 69.3 cm³/mol. The molecule has 0 aromatic carbocycles. The lowest BCUT2D eigenvalue weighted by Crippen LogP contribution is -2.17. The number of hydrogen-bond acceptors (Lipinski definition) is 3. The van der Waals surface area contributed by atoms with E-state index in [0.29, 0.717) is 5.88 Å². The van der Waals surface area contributed by atoms with Gasteiger partial charge >= 0.3 is 0 Å². The van der Waals surface area contributed by atoms with Crippen molar-refractivity contribution in [2.45, 2.75) is 19.3 Å². The summed E-state index contributed by atoms with van der Waals surface area (Å²) in [5, 5.41) is 0. The van der Waals surface area contributed by atoms with E-state index in [-0.39, 0.29) is 0 Å². The number of nitrogens with zero attached hydrogens (tertiary/aromatic N) is 2. The van der Waals surface area contributed by atoms with Crippen LogP contribution in [0.15, 0.2) is 35.1 Å². The van der Waals surface area contributed by atoms with Gasteiger partial charge in [-0.2, -0.15) is 0 Å². The largest absolute Gasteiger partial charge is 0.469 e. The van der Waals surface area contributed by atoms with E-state index in [4.69, 9.17) is 16.0 Å². The first-order valence-electron chi connectivity index (χ1n) is 5.45. The van der Waals surface area contributed by atoms with Gasteiger partial charge in [-0.15, -0.1) is 11.6 Å². The minimum atomic E-state index is 0.508. The van der Waals surface area contributed by atoms with Crippen molar-refractivity contribution in [1.82, 2.24) is 4.98 Å². The Morgan fingerprint density at radius 2 is 2.24 bits per heavy atom. The van der Waals surface area contributed by atoms with Crippen molar-refractivity contribution in [1.29, 1.82) is 0 Å². The third kappa shape index (κ3) is 2.80. The molecule has 0 saturated carbocycles. The highest BCUT2D eigenvalue weighted by molar-refractivity contribution is 6.17. The molecular weight excluding hydrogens is 236 g/mol. The number of alkyl halides is 1. The number of aryl methyl sites for hydroxylation is 1. The quantitative estimate of drug-likeness (QED) is 0.780. The number of aromatic nitrogens is 1. The minimum Gasteiger partial charge on any atom is -0.469 e. The number of furan rings is 1. The van der Waals surface area contributed by atoms with Gasteiger partial charge < -0.3 is 9.32 Å². The number of hydrogen-bond donors (Lipinski definition) is 0. The second kappa shape index (κ2) is 5.23. The van der Waals surface area contributed by atoms with Gasteiger partial charge in [-0.25, -0.2) is 4.98 Å². The van der Waals surface area contributed by atoms with Gasteiger partial charge in [0, 0.05) is 31.2 Å². The SMILES string of the molecule is Cc1occc1CN(C)c1cc(CCl)ccn1. The molecular formula is C13H15ClN2O. The van der Waals surface area contributed by atoms with Crippen LogP contribution in [0.4, 0.5) is 5.82 Å². The Balaban J connectivity index is 2.14. The molecule has 0 aliphatic heterocycles. The molecule has 4 heteroatoms. The average Bonchev–Trinajstić information content (AvgIpc) is 2.75. The Labute approximate surface area is 106 Å². The van der Waals surface area contributed by atoms with Crippen molar-refractivity contribution in [2.75, 3.05) is 11.9 Å². The summed E-state index contributed by atoms with van der Waals surface area (Å²) < 4.78 is 5.28.